The minimum atomic E-state index is -5.94. The van der Waals surface area contributed by atoms with Crippen molar-refractivity contribution in [1.82, 2.24) is 9.21 Å². The molecule has 0 spiro atoms. The van der Waals surface area contributed by atoms with Crippen molar-refractivity contribution in [3.8, 4) is 0 Å². The summed E-state index contributed by atoms with van der Waals surface area (Å²) in [5.41, 5.74) is -5.78. The first kappa shape index (κ1) is 9.03. The summed E-state index contributed by atoms with van der Waals surface area (Å²) in [6.45, 7) is -15.3. The van der Waals surface area contributed by atoms with Crippen molar-refractivity contribution in [2.45, 2.75) is 33.4 Å². The summed E-state index contributed by atoms with van der Waals surface area (Å²) in [5, 5.41) is -0.273. The quantitative estimate of drug-likeness (QED) is 0.542. The highest BCUT2D eigenvalue weighted by Gasteiger charge is 2.20. The van der Waals surface area contributed by atoms with Crippen LogP contribution >= 0.6 is 0 Å². The van der Waals surface area contributed by atoms with Crippen molar-refractivity contribution in [3.63, 3.8) is 0 Å². The third kappa shape index (κ3) is 7.85. The van der Waals surface area contributed by atoms with E-state index in [0.717, 1.165) is 0 Å². The number of carbonyl (C=O) groups is 1. The van der Waals surface area contributed by atoms with E-state index >= 15 is 0 Å². The zero-order valence-corrected chi connectivity index (χ0v) is 16.8. The Labute approximate surface area is 207 Å². The van der Waals surface area contributed by atoms with Crippen LogP contribution in [0.25, 0.3) is 0 Å². The Morgan fingerprint density at radius 1 is 1.37 bits per heavy atom. The number of nitrogens with zero attached hydrogens (tertiary/aromatic N) is 3. The fourth-order valence-corrected chi connectivity index (χ4v) is 3.56. The topological polar surface area (TPSA) is 73.0 Å². The maximum Gasteiger partial charge on any atom is 0.221 e. The molecule has 0 atom stereocenters. The fourth-order valence-electron chi connectivity index (χ4n) is 2.82. The van der Waals surface area contributed by atoms with Gasteiger partial charge in [0.2, 0.25) is 15.9 Å². The van der Waals surface area contributed by atoms with E-state index in [1.165, 1.54) is 4.90 Å². The van der Waals surface area contributed by atoms with E-state index in [4.69, 9.17) is 26.1 Å². The van der Waals surface area contributed by atoms with Gasteiger partial charge < -0.3 is 10.2 Å². The number of nitrogens with one attached hydrogen (secondary N) is 1. The third-order valence-corrected chi connectivity index (χ3v) is 5.43. The van der Waals surface area contributed by atoms with Gasteiger partial charge in [-0.2, -0.15) is 0 Å². The minimum Gasteiger partial charge on any atom is -0.369 e. The second-order valence-corrected chi connectivity index (χ2v) is 7.99. The van der Waals surface area contributed by atoms with E-state index in [9.17, 15) is 17.6 Å². The number of hydrogen-bond acceptors (Lipinski definition) is 5. The van der Waals surface area contributed by atoms with E-state index in [-0.39, 0.29) is 55.2 Å². The van der Waals surface area contributed by atoms with Crippen LogP contribution in [0.1, 0.15) is 58.1 Å². The number of hydrogen-bond donors (Lipinski definition) is 1. The van der Waals surface area contributed by atoms with Crippen LogP contribution in [0.3, 0.4) is 0 Å². The highest BCUT2D eigenvalue weighted by molar-refractivity contribution is 7.89. The minimum absolute atomic E-state index is 0.0189. The van der Waals surface area contributed by atoms with Gasteiger partial charge in [0.05, 0.1) is 9.82 Å². The summed E-state index contributed by atoms with van der Waals surface area (Å²) in [6, 6.07) is -2.87. The molecular weight excluding hydrogens is 407 g/mol. The summed E-state index contributed by atoms with van der Waals surface area (Å²) < 4.78 is 187. The lowest BCUT2D eigenvalue weighted by Crippen LogP contribution is -2.46. The lowest BCUT2D eigenvalue weighted by molar-refractivity contribution is -0.114. The SMILES string of the molecule is [2H]c1c(F)c([2H])c(N([2H])C(=O)C([2H])([2H])[2H])c([2H])c1N1CCN(CCCCN(C([2H])([2H])[2H])S(=O)(=O)C([2H])([2H])C([2H])(C([2H])([2H])[2H])C([2H])([2H])[2H])CC1. The molecule has 30 heavy (non-hydrogen) atoms. The van der Waals surface area contributed by atoms with Crippen LogP contribution in [0, 0.1) is 11.7 Å². The first-order chi connectivity index (χ1) is 21.8. The molecule has 1 aromatic rings. The molecule has 1 aliphatic rings. The monoisotopic (exact) mass is 461 g/mol. The predicted octanol–water partition coefficient (Wildman–Crippen LogP) is 2.60. The van der Waals surface area contributed by atoms with Gasteiger partial charge in [0.1, 0.15) is 5.82 Å². The van der Waals surface area contributed by atoms with Crippen LogP contribution in [0.5, 0.6) is 0 Å². The summed E-state index contributed by atoms with van der Waals surface area (Å²) in [5.74, 6) is -7.55. The van der Waals surface area contributed by atoms with E-state index in [0.29, 0.717) is 0 Å². The van der Waals surface area contributed by atoms with Gasteiger partial charge in [-0.05, 0) is 43.4 Å². The number of carbonyl (C=O) groups excluding carboxylic acids is 1. The van der Waals surface area contributed by atoms with Crippen molar-refractivity contribution in [3.05, 3.63) is 23.9 Å². The molecule has 0 aliphatic carbocycles. The second kappa shape index (κ2) is 11.1. The Balaban J connectivity index is 2.20. The maximum absolute atomic E-state index is 14.8. The van der Waals surface area contributed by atoms with Gasteiger partial charge in [0, 0.05) is 78.5 Å². The van der Waals surface area contributed by atoms with Gasteiger partial charge in [-0.25, -0.2) is 17.1 Å². The Hall–Kier alpha value is -1.71. The number of amides is 1. The number of anilines is 2. The van der Waals surface area contributed by atoms with Crippen LogP contribution in [0.15, 0.2) is 18.1 Å². The zero-order chi connectivity index (χ0) is 38.5. The predicted molar refractivity (Wildman–Crippen MR) is 120 cm³/mol. The Morgan fingerprint density at radius 3 is 2.80 bits per heavy atom. The molecule has 1 aromatic carbocycles. The van der Waals surface area contributed by atoms with Crippen LogP contribution in [0.4, 0.5) is 15.8 Å². The number of sulfonamides is 1. The maximum atomic E-state index is 14.8. The molecule has 1 fully saturated rings. The Bertz CT molecular complexity index is 1470. The van der Waals surface area contributed by atoms with Crippen molar-refractivity contribution >= 4 is 27.3 Å². The summed E-state index contributed by atoms with van der Waals surface area (Å²) in [6.07, 6.45) is -0.176. The average molecular weight is 462 g/mol. The smallest absolute Gasteiger partial charge is 0.221 e. The molecule has 1 amide bonds. The van der Waals surface area contributed by atoms with Gasteiger partial charge in [-0.3, -0.25) is 9.69 Å². The summed E-state index contributed by atoms with van der Waals surface area (Å²) in [4.78, 5) is 15.2. The van der Waals surface area contributed by atoms with Crippen molar-refractivity contribution in [2.75, 3.05) is 62.2 Å². The number of piperazine rings is 1. The first-order valence-corrected chi connectivity index (χ1v) is 10.3. The zero-order valence-electron chi connectivity index (χ0n) is 35.0. The molecule has 7 nitrogen and oxygen atoms in total. The molecule has 1 N–H and O–H groups in total. The molecule has 0 bridgehead atoms. The molecule has 1 aliphatic heterocycles. The van der Waals surface area contributed by atoms with Gasteiger partial charge in [-0.15, -0.1) is 0 Å². The van der Waals surface area contributed by atoms with Crippen molar-refractivity contribution < 1.29 is 43.7 Å². The fraction of sp³-hybridized carbons (Fsp3) is 0.667. The number of halogens is 1. The molecule has 0 radical (unpaired) electrons. The van der Waals surface area contributed by atoms with E-state index in [1.807, 2.05) is 0 Å². The molecule has 0 unspecified atom stereocenters. The number of rotatable bonds is 10. The van der Waals surface area contributed by atoms with E-state index < -0.39 is 96.9 Å². The van der Waals surface area contributed by atoms with Gasteiger partial charge in [-0.1, -0.05) is 13.7 Å². The second-order valence-electron chi connectivity index (χ2n) is 6.39. The average Bonchev–Trinajstić information content (AvgIpc) is 2.93. The highest BCUT2D eigenvalue weighted by Crippen LogP contribution is 2.23. The van der Waals surface area contributed by atoms with Crippen molar-refractivity contribution in [2.24, 2.45) is 5.89 Å². The van der Waals surface area contributed by atoms with Crippen LogP contribution in [-0.2, 0) is 14.8 Å². The van der Waals surface area contributed by atoms with Crippen LogP contribution in [-0.4, -0.2) is 75.5 Å². The largest absolute Gasteiger partial charge is 0.369 e. The molecule has 9 heteroatoms. The molecule has 170 valence electrons. The lowest BCUT2D eigenvalue weighted by atomic mass is 10.2. The van der Waals surface area contributed by atoms with E-state index in [1.54, 1.807) is 4.90 Å². The third-order valence-electron chi connectivity index (χ3n) is 4.20. The Morgan fingerprint density at radius 2 is 2.13 bits per heavy atom. The molecule has 1 saturated heterocycles. The number of unbranched alkanes of at least 4 members (excludes halogenated alkanes) is 1. The molecule has 0 saturated carbocycles. The molecule has 0 aromatic heterocycles. The highest BCUT2D eigenvalue weighted by atomic mass is 32.2. The molecule has 1 heterocycles. The first-order valence-electron chi connectivity index (χ1n) is 18.4. The standard InChI is InChI=1S/C21H35FN4O3S/c1-17(2)16-30(28,29)24(4)7-5-6-8-25-9-11-26(12-10-25)21-14-19(22)13-20(15-21)23-18(3)27/h13-15,17H,5-12,16H2,1-4H3,(H,23,27)/i1D3,2D3,3D3,4D3,13D,14D,15D,16D2,17D/hD. The van der Waals surface area contributed by atoms with Crippen molar-refractivity contribution in [1.29, 1.82) is 0 Å². The summed E-state index contributed by atoms with van der Waals surface area (Å²) in [7, 11) is -5.94. The molecule has 2 rings (SSSR count). The van der Waals surface area contributed by atoms with E-state index in [2.05, 4.69) is 0 Å². The normalized spacial score (nSPS) is 27.5. The summed E-state index contributed by atoms with van der Waals surface area (Å²) >= 11 is 0. The number of benzene rings is 1. The Kier molecular flexibility index (Phi) is 3.33. The molecular formula is C21H35FN4O3S. The lowest BCUT2D eigenvalue weighted by Gasteiger charge is -2.36. The van der Waals surface area contributed by atoms with Crippen LogP contribution < -0.4 is 10.2 Å². The van der Waals surface area contributed by atoms with Gasteiger partial charge in [0.15, 0.2) is 1.41 Å². The van der Waals surface area contributed by atoms with Gasteiger partial charge in [0.25, 0.3) is 0 Å². The van der Waals surface area contributed by atoms with Gasteiger partial charge >= 0.3 is 0 Å². The van der Waals surface area contributed by atoms with Crippen LogP contribution in [0.2, 0.25) is 1.41 Å².